The number of rotatable bonds is 2. The summed E-state index contributed by atoms with van der Waals surface area (Å²) in [4.78, 5) is 6.01. The number of nitrogens with two attached hydrogens (primary N) is 1. The molecule has 0 unspecified atom stereocenters. The third-order valence-corrected chi connectivity index (χ3v) is 2.10. The van der Waals surface area contributed by atoms with Gasteiger partial charge < -0.3 is 10.6 Å². The maximum atomic E-state index is 8.80. The molecule has 0 radical (unpaired) electrons. The predicted molar refractivity (Wildman–Crippen MR) is 66.3 cm³/mol. The Morgan fingerprint density at radius 2 is 2.19 bits per heavy atom. The SMILES string of the molecule is CC(C)N=C(N)N(C)c1cccc(C#N)c1. The number of guanidine groups is 1. The average molecular weight is 216 g/mol. The summed E-state index contributed by atoms with van der Waals surface area (Å²) in [7, 11) is 1.83. The van der Waals surface area contributed by atoms with Crippen molar-refractivity contribution in [2.24, 2.45) is 10.7 Å². The lowest BCUT2D eigenvalue weighted by atomic mass is 10.2. The molecule has 2 N–H and O–H groups in total. The van der Waals surface area contributed by atoms with Crippen LogP contribution in [0.5, 0.6) is 0 Å². The molecule has 0 heterocycles. The predicted octanol–water partition coefficient (Wildman–Crippen LogP) is 1.72. The molecule has 0 fully saturated rings. The lowest BCUT2D eigenvalue weighted by molar-refractivity contribution is 0.828. The van der Waals surface area contributed by atoms with E-state index in [9.17, 15) is 0 Å². The molecule has 4 heteroatoms. The van der Waals surface area contributed by atoms with Crippen LogP contribution in [-0.2, 0) is 0 Å². The van der Waals surface area contributed by atoms with E-state index in [1.54, 1.807) is 17.0 Å². The molecule has 0 amide bonds. The summed E-state index contributed by atoms with van der Waals surface area (Å²) in [6, 6.07) is 9.51. The maximum absolute atomic E-state index is 8.80. The van der Waals surface area contributed by atoms with Gasteiger partial charge in [0.05, 0.1) is 11.6 Å². The molecule has 1 aromatic carbocycles. The molecule has 0 spiro atoms. The molecule has 4 nitrogen and oxygen atoms in total. The van der Waals surface area contributed by atoms with Crippen LogP contribution in [0, 0.1) is 11.3 Å². The molecule has 0 atom stereocenters. The van der Waals surface area contributed by atoms with Crippen molar-refractivity contribution in [1.82, 2.24) is 0 Å². The Balaban J connectivity index is 2.96. The van der Waals surface area contributed by atoms with Gasteiger partial charge in [0.15, 0.2) is 5.96 Å². The molecule has 16 heavy (non-hydrogen) atoms. The first-order valence-electron chi connectivity index (χ1n) is 5.11. The average Bonchev–Trinajstić information content (AvgIpc) is 2.27. The fourth-order valence-corrected chi connectivity index (χ4v) is 1.27. The minimum Gasteiger partial charge on any atom is -0.370 e. The maximum Gasteiger partial charge on any atom is 0.195 e. The highest BCUT2D eigenvalue weighted by Gasteiger charge is 2.06. The zero-order chi connectivity index (χ0) is 12.1. The first-order chi connectivity index (χ1) is 7.54. The van der Waals surface area contributed by atoms with E-state index in [1.165, 1.54) is 0 Å². The number of benzene rings is 1. The number of nitriles is 1. The van der Waals surface area contributed by atoms with Crippen molar-refractivity contribution in [3.63, 3.8) is 0 Å². The summed E-state index contributed by atoms with van der Waals surface area (Å²) in [6.07, 6.45) is 0. The van der Waals surface area contributed by atoms with E-state index >= 15 is 0 Å². The zero-order valence-electron chi connectivity index (χ0n) is 9.81. The van der Waals surface area contributed by atoms with Gasteiger partial charge in [-0.2, -0.15) is 5.26 Å². The van der Waals surface area contributed by atoms with Gasteiger partial charge in [-0.15, -0.1) is 0 Å². The Labute approximate surface area is 96.0 Å². The summed E-state index contributed by atoms with van der Waals surface area (Å²) >= 11 is 0. The molecule has 0 aliphatic carbocycles. The van der Waals surface area contributed by atoms with Crippen LogP contribution < -0.4 is 10.6 Å². The first-order valence-corrected chi connectivity index (χ1v) is 5.11. The molecule has 0 saturated heterocycles. The molecule has 1 aromatic rings. The summed E-state index contributed by atoms with van der Waals surface area (Å²) in [5, 5.41) is 8.80. The van der Waals surface area contributed by atoms with Gasteiger partial charge in [0.2, 0.25) is 0 Å². The van der Waals surface area contributed by atoms with E-state index in [-0.39, 0.29) is 6.04 Å². The molecule has 0 aliphatic rings. The van der Waals surface area contributed by atoms with Gasteiger partial charge >= 0.3 is 0 Å². The number of hydrogen-bond acceptors (Lipinski definition) is 2. The standard InChI is InChI=1S/C12H16N4/c1-9(2)15-12(14)16(3)11-6-4-5-10(7-11)8-13/h4-7,9H,1-3H3,(H2,14,15). The smallest absolute Gasteiger partial charge is 0.195 e. The molecule has 0 aliphatic heterocycles. The molecule has 0 aromatic heterocycles. The van der Waals surface area contributed by atoms with Crippen LogP contribution >= 0.6 is 0 Å². The summed E-state index contributed by atoms with van der Waals surface area (Å²) in [6.45, 7) is 3.93. The zero-order valence-corrected chi connectivity index (χ0v) is 9.81. The molecule has 1 rings (SSSR count). The van der Waals surface area contributed by atoms with Crippen molar-refractivity contribution in [2.75, 3.05) is 11.9 Å². The van der Waals surface area contributed by atoms with Crippen LogP contribution in [0.4, 0.5) is 5.69 Å². The minimum atomic E-state index is 0.154. The van der Waals surface area contributed by atoms with Gasteiger partial charge in [-0.05, 0) is 32.0 Å². The van der Waals surface area contributed by atoms with Gasteiger partial charge in [-0.25, -0.2) is 0 Å². The van der Waals surface area contributed by atoms with Crippen molar-refractivity contribution in [2.45, 2.75) is 19.9 Å². The lowest BCUT2D eigenvalue weighted by Gasteiger charge is -2.19. The second-order valence-electron chi connectivity index (χ2n) is 3.80. The van der Waals surface area contributed by atoms with E-state index in [2.05, 4.69) is 11.1 Å². The lowest BCUT2D eigenvalue weighted by Crippen LogP contribution is -2.34. The fraction of sp³-hybridized carbons (Fsp3) is 0.333. The highest BCUT2D eigenvalue weighted by atomic mass is 15.2. The third-order valence-electron chi connectivity index (χ3n) is 2.10. The summed E-state index contributed by atoms with van der Waals surface area (Å²) in [5.74, 6) is 0.449. The fourth-order valence-electron chi connectivity index (χ4n) is 1.27. The Hall–Kier alpha value is -2.02. The summed E-state index contributed by atoms with van der Waals surface area (Å²) in [5.41, 5.74) is 7.31. The number of anilines is 1. The molecular formula is C12H16N4. The Morgan fingerprint density at radius 1 is 1.50 bits per heavy atom. The quantitative estimate of drug-likeness (QED) is 0.604. The number of aliphatic imine (C=N–C) groups is 1. The van der Waals surface area contributed by atoms with Gasteiger partial charge in [0.25, 0.3) is 0 Å². The monoisotopic (exact) mass is 216 g/mol. The van der Waals surface area contributed by atoms with Gasteiger partial charge in [0.1, 0.15) is 0 Å². The molecule has 0 bridgehead atoms. The largest absolute Gasteiger partial charge is 0.370 e. The van der Waals surface area contributed by atoms with Crippen LogP contribution in [0.2, 0.25) is 0 Å². The minimum absolute atomic E-state index is 0.154. The second kappa shape index (κ2) is 5.17. The van der Waals surface area contributed by atoms with Crippen molar-refractivity contribution in [3.8, 4) is 6.07 Å². The van der Waals surface area contributed by atoms with Gasteiger partial charge in [-0.1, -0.05) is 6.07 Å². The van der Waals surface area contributed by atoms with Crippen LogP contribution in [0.25, 0.3) is 0 Å². The summed E-state index contributed by atoms with van der Waals surface area (Å²) < 4.78 is 0. The third kappa shape index (κ3) is 2.99. The second-order valence-corrected chi connectivity index (χ2v) is 3.80. The van der Waals surface area contributed by atoms with Crippen LogP contribution in [0.1, 0.15) is 19.4 Å². The van der Waals surface area contributed by atoms with Crippen molar-refractivity contribution in [1.29, 1.82) is 5.26 Å². The van der Waals surface area contributed by atoms with Crippen LogP contribution in [-0.4, -0.2) is 19.0 Å². The van der Waals surface area contributed by atoms with E-state index in [4.69, 9.17) is 11.0 Å². The molecular weight excluding hydrogens is 200 g/mol. The number of nitrogens with zero attached hydrogens (tertiary/aromatic N) is 3. The van der Waals surface area contributed by atoms with Crippen molar-refractivity contribution in [3.05, 3.63) is 29.8 Å². The van der Waals surface area contributed by atoms with Gasteiger partial charge in [-0.3, -0.25) is 4.99 Å². The van der Waals surface area contributed by atoms with Crippen LogP contribution in [0.3, 0.4) is 0 Å². The van der Waals surface area contributed by atoms with Crippen LogP contribution in [0.15, 0.2) is 29.3 Å². The topological polar surface area (TPSA) is 65.4 Å². The van der Waals surface area contributed by atoms with E-state index in [1.807, 2.05) is 33.0 Å². The highest BCUT2D eigenvalue weighted by Crippen LogP contribution is 2.14. The Morgan fingerprint density at radius 3 is 2.75 bits per heavy atom. The van der Waals surface area contributed by atoms with Gasteiger partial charge in [0, 0.05) is 18.8 Å². The van der Waals surface area contributed by atoms with Crippen molar-refractivity contribution < 1.29 is 0 Å². The highest BCUT2D eigenvalue weighted by molar-refractivity contribution is 5.94. The molecule has 0 saturated carbocycles. The van der Waals surface area contributed by atoms with Crippen molar-refractivity contribution >= 4 is 11.6 Å². The Kier molecular flexibility index (Phi) is 3.90. The Bertz CT molecular complexity index is 429. The van der Waals surface area contributed by atoms with E-state index in [0.29, 0.717) is 11.5 Å². The van der Waals surface area contributed by atoms with E-state index in [0.717, 1.165) is 5.69 Å². The first kappa shape index (κ1) is 12.1. The number of hydrogen-bond donors (Lipinski definition) is 1. The molecule has 84 valence electrons. The van der Waals surface area contributed by atoms with E-state index < -0.39 is 0 Å². The normalized spacial score (nSPS) is 11.3.